The summed E-state index contributed by atoms with van der Waals surface area (Å²) in [6.45, 7) is 4.29. The van der Waals surface area contributed by atoms with Crippen LogP contribution in [0.4, 0.5) is 0 Å². The number of benzene rings is 2. The zero-order chi connectivity index (χ0) is 19.6. The van der Waals surface area contributed by atoms with Gasteiger partial charge in [-0.05, 0) is 29.5 Å². The molecule has 0 fully saturated rings. The van der Waals surface area contributed by atoms with Crippen molar-refractivity contribution < 1.29 is 14.2 Å². The molecule has 1 heterocycles. The summed E-state index contributed by atoms with van der Waals surface area (Å²) in [5.74, 6) is 0.329. The lowest BCUT2D eigenvalue weighted by atomic mass is 9.75. The number of aromatic nitrogens is 1. The Balaban J connectivity index is 1.64. The van der Waals surface area contributed by atoms with Gasteiger partial charge in [-0.25, -0.2) is 4.79 Å². The molecule has 1 aliphatic carbocycles. The highest BCUT2D eigenvalue weighted by molar-refractivity contribution is 6.04. The van der Waals surface area contributed by atoms with Crippen LogP contribution in [0.25, 0.3) is 0 Å². The second-order valence-corrected chi connectivity index (χ2v) is 7.89. The fourth-order valence-corrected chi connectivity index (χ4v) is 3.56. The van der Waals surface area contributed by atoms with Crippen LogP contribution >= 0.6 is 0 Å². The van der Waals surface area contributed by atoms with Gasteiger partial charge in [-0.2, -0.15) is 0 Å². The summed E-state index contributed by atoms with van der Waals surface area (Å²) in [7, 11) is 0. The van der Waals surface area contributed by atoms with Crippen molar-refractivity contribution in [2.24, 2.45) is 10.6 Å². The lowest BCUT2D eigenvalue weighted by molar-refractivity contribution is 0.0513. The van der Waals surface area contributed by atoms with Crippen molar-refractivity contribution in [3.8, 4) is 0 Å². The van der Waals surface area contributed by atoms with Gasteiger partial charge in [0.15, 0.2) is 0 Å². The quantitative estimate of drug-likeness (QED) is 0.486. The predicted octanol–water partition coefficient (Wildman–Crippen LogP) is 4.80. The van der Waals surface area contributed by atoms with Gasteiger partial charge in [0.25, 0.3) is 0 Å². The van der Waals surface area contributed by atoms with Gasteiger partial charge in [-0.1, -0.05) is 72.7 Å². The summed E-state index contributed by atoms with van der Waals surface area (Å²) >= 11 is 0. The molecule has 1 aromatic heterocycles. The molecule has 142 valence electrons. The van der Waals surface area contributed by atoms with Crippen LogP contribution in [-0.4, -0.2) is 16.8 Å². The van der Waals surface area contributed by atoms with E-state index in [4.69, 9.17) is 9.36 Å². The standard InChI is InChI=1S/C23H22N2O3/c1-23(2)14-19(25-28-22(26)17-11-7-4-8-12-17)21-18(24-27-20(21)15-23)13-16-9-5-3-6-10-16/h3-12H,13-15H2,1-2H3. The molecule has 0 bridgehead atoms. The molecule has 5 nitrogen and oxygen atoms in total. The first-order chi connectivity index (χ1) is 13.5. The second kappa shape index (κ2) is 7.43. The van der Waals surface area contributed by atoms with Crippen molar-refractivity contribution in [2.75, 3.05) is 0 Å². The fourth-order valence-electron chi connectivity index (χ4n) is 3.56. The Hall–Kier alpha value is -3.21. The highest BCUT2D eigenvalue weighted by atomic mass is 16.7. The SMILES string of the molecule is CC1(C)CC(=NOC(=O)c2ccccc2)c2c(Cc3ccccc3)noc2C1. The molecule has 1 aliphatic rings. The molecule has 0 saturated heterocycles. The summed E-state index contributed by atoms with van der Waals surface area (Å²) < 4.78 is 5.65. The van der Waals surface area contributed by atoms with E-state index in [-0.39, 0.29) is 5.41 Å². The third-order valence-electron chi connectivity index (χ3n) is 4.87. The van der Waals surface area contributed by atoms with Crippen LogP contribution in [0.15, 0.2) is 70.3 Å². The van der Waals surface area contributed by atoms with E-state index < -0.39 is 5.97 Å². The maximum Gasteiger partial charge on any atom is 0.365 e. The van der Waals surface area contributed by atoms with Crippen LogP contribution in [0.5, 0.6) is 0 Å². The summed E-state index contributed by atoms with van der Waals surface area (Å²) in [6.07, 6.45) is 2.10. The number of carbonyl (C=O) groups is 1. The number of nitrogens with zero attached hydrogens (tertiary/aromatic N) is 2. The average molecular weight is 374 g/mol. The van der Waals surface area contributed by atoms with Crippen LogP contribution in [0, 0.1) is 5.41 Å². The summed E-state index contributed by atoms with van der Waals surface area (Å²) in [5, 5.41) is 8.54. The lowest BCUT2D eigenvalue weighted by Crippen LogP contribution is -2.27. The predicted molar refractivity (Wildman–Crippen MR) is 106 cm³/mol. The first kappa shape index (κ1) is 18.2. The molecule has 5 heteroatoms. The van der Waals surface area contributed by atoms with Crippen LogP contribution in [0.1, 0.15) is 53.2 Å². The number of hydrogen-bond acceptors (Lipinski definition) is 5. The van der Waals surface area contributed by atoms with Crippen molar-refractivity contribution in [3.05, 3.63) is 88.8 Å². The van der Waals surface area contributed by atoms with Crippen LogP contribution in [0.3, 0.4) is 0 Å². The zero-order valence-corrected chi connectivity index (χ0v) is 16.0. The Morgan fingerprint density at radius 3 is 2.46 bits per heavy atom. The molecule has 4 rings (SSSR count). The van der Waals surface area contributed by atoms with Crippen LogP contribution in [0.2, 0.25) is 0 Å². The monoisotopic (exact) mass is 374 g/mol. The number of carbonyl (C=O) groups excluding carboxylic acids is 1. The van der Waals surface area contributed by atoms with Gasteiger partial charge in [0.05, 0.1) is 22.5 Å². The zero-order valence-electron chi connectivity index (χ0n) is 16.0. The van der Waals surface area contributed by atoms with E-state index in [1.807, 2.05) is 24.3 Å². The molecule has 0 atom stereocenters. The van der Waals surface area contributed by atoms with Gasteiger partial charge >= 0.3 is 5.97 Å². The number of rotatable bonds is 4. The molecular weight excluding hydrogens is 352 g/mol. The minimum Gasteiger partial charge on any atom is -0.360 e. The average Bonchev–Trinajstić information content (AvgIpc) is 3.08. The van der Waals surface area contributed by atoms with E-state index in [2.05, 4.69) is 36.3 Å². The van der Waals surface area contributed by atoms with E-state index in [1.54, 1.807) is 24.3 Å². The van der Waals surface area contributed by atoms with Gasteiger partial charge in [-0.3, -0.25) is 0 Å². The molecule has 0 saturated carbocycles. The largest absolute Gasteiger partial charge is 0.365 e. The topological polar surface area (TPSA) is 64.7 Å². The first-order valence-electron chi connectivity index (χ1n) is 9.37. The van der Waals surface area contributed by atoms with E-state index in [1.165, 1.54) is 0 Å². The number of oxime groups is 1. The smallest absolute Gasteiger partial charge is 0.360 e. The van der Waals surface area contributed by atoms with E-state index in [0.717, 1.165) is 29.0 Å². The minimum absolute atomic E-state index is 0.0471. The first-order valence-corrected chi connectivity index (χ1v) is 9.37. The molecule has 0 N–H and O–H groups in total. The Kier molecular flexibility index (Phi) is 4.82. The van der Waals surface area contributed by atoms with Crippen molar-refractivity contribution in [1.29, 1.82) is 0 Å². The molecule has 3 aromatic rings. The normalized spacial score (nSPS) is 16.6. The van der Waals surface area contributed by atoms with Gasteiger partial charge in [-0.15, -0.1) is 0 Å². The molecule has 0 amide bonds. The highest BCUT2D eigenvalue weighted by Gasteiger charge is 2.35. The van der Waals surface area contributed by atoms with Crippen molar-refractivity contribution in [1.82, 2.24) is 5.16 Å². The van der Waals surface area contributed by atoms with Crippen molar-refractivity contribution >= 4 is 11.7 Å². The molecule has 0 spiro atoms. The minimum atomic E-state index is -0.473. The Morgan fingerprint density at radius 1 is 1.07 bits per heavy atom. The fraction of sp³-hybridized carbons (Fsp3) is 0.261. The highest BCUT2D eigenvalue weighted by Crippen LogP contribution is 2.37. The number of fused-ring (bicyclic) bond motifs is 1. The van der Waals surface area contributed by atoms with Crippen molar-refractivity contribution in [3.63, 3.8) is 0 Å². The molecule has 2 aromatic carbocycles. The van der Waals surface area contributed by atoms with E-state index >= 15 is 0 Å². The second-order valence-electron chi connectivity index (χ2n) is 7.89. The Morgan fingerprint density at radius 2 is 1.75 bits per heavy atom. The van der Waals surface area contributed by atoms with E-state index in [0.29, 0.717) is 24.1 Å². The van der Waals surface area contributed by atoms with Gasteiger partial charge in [0, 0.05) is 12.8 Å². The number of hydrogen-bond donors (Lipinski definition) is 0. The van der Waals surface area contributed by atoms with Crippen LogP contribution in [-0.2, 0) is 17.7 Å². The van der Waals surface area contributed by atoms with Gasteiger partial charge < -0.3 is 9.36 Å². The summed E-state index contributed by atoms with van der Waals surface area (Å²) in [6, 6.07) is 19.0. The maximum atomic E-state index is 12.3. The summed E-state index contributed by atoms with van der Waals surface area (Å²) in [5.41, 5.74) is 3.98. The van der Waals surface area contributed by atoms with Gasteiger partial charge in [0.2, 0.25) is 0 Å². The molecule has 0 radical (unpaired) electrons. The lowest BCUT2D eigenvalue weighted by Gasteiger charge is -2.28. The summed E-state index contributed by atoms with van der Waals surface area (Å²) in [4.78, 5) is 17.6. The van der Waals surface area contributed by atoms with Gasteiger partial charge in [0.1, 0.15) is 5.76 Å². The van der Waals surface area contributed by atoms with E-state index in [9.17, 15) is 4.79 Å². The Labute approximate surface area is 164 Å². The molecule has 0 aliphatic heterocycles. The Bertz CT molecular complexity index is 1000. The maximum absolute atomic E-state index is 12.3. The molecule has 28 heavy (non-hydrogen) atoms. The molecular formula is C23H22N2O3. The third kappa shape index (κ3) is 3.88. The van der Waals surface area contributed by atoms with Crippen LogP contribution < -0.4 is 0 Å². The third-order valence-corrected chi connectivity index (χ3v) is 4.87. The molecule has 0 unspecified atom stereocenters. The van der Waals surface area contributed by atoms with Crippen molar-refractivity contribution in [2.45, 2.75) is 33.1 Å².